The molecular formula is C22H19FN4OS. The second kappa shape index (κ2) is 8.36. The lowest BCUT2D eigenvalue weighted by Crippen LogP contribution is -2.19. The molecule has 0 radical (unpaired) electrons. The number of H-pyrrole nitrogens is 1. The molecule has 1 aromatic heterocycles. The lowest BCUT2D eigenvalue weighted by atomic mass is 10.2. The number of thioether (sulfide) groups is 1. The molecule has 5 nitrogen and oxygen atoms in total. The van der Waals surface area contributed by atoms with Crippen molar-refractivity contribution < 1.29 is 9.18 Å². The van der Waals surface area contributed by atoms with Crippen LogP contribution in [0.3, 0.4) is 0 Å². The Bertz CT molecular complexity index is 1160. The fraction of sp³-hybridized carbons (Fsp3) is 0.0909. The van der Waals surface area contributed by atoms with Crippen LogP contribution in [0.25, 0.3) is 11.0 Å². The van der Waals surface area contributed by atoms with E-state index in [9.17, 15) is 9.18 Å². The van der Waals surface area contributed by atoms with Crippen LogP contribution < -0.4 is 10.6 Å². The maximum absolute atomic E-state index is 13.2. The molecule has 3 N–H and O–H groups in total. The van der Waals surface area contributed by atoms with E-state index < -0.39 is 11.8 Å². The number of carbonyl (C=O) groups is 1. The number of benzene rings is 3. The van der Waals surface area contributed by atoms with Crippen molar-refractivity contribution in [2.45, 2.75) is 17.8 Å². The van der Waals surface area contributed by atoms with E-state index >= 15 is 0 Å². The van der Waals surface area contributed by atoms with Crippen LogP contribution in [0.1, 0.15) is 11.1 Å². The van der Waals surface area contributed by atoms with Crippen LogP contribution in [0.2, 0.25) is 0 Å². The number of anilines is 2. The molecule has 0 unspecified atom stereocenters. The molecule has 0 aliphatic rings. The van der Waals surface area contributed by atoms with E-state index in [0.29, 0.717) is 11.4 Å². The van der Waals surface area contributed by atoms with Crippen LogP contribution >= 0.6 is 11.8 Å². The third kappa shape index (κ3) is 4.94. The molecule has 4 aromatic rings. The summed E-state index contributed by atoms with van der Waals surface area (Å²) in [6.45, 7) is 2.07. The lowest BCUT2D eigenvalue weighted by Gasteiger charge is -2.07. The lowest BCUT2D eigenvalue weighted by molar-refractivity contribution is 0.262. The summed E-state index contributed by atoms with van der Waals surface area (Å²) in [5.74, 6) is 0.415. The molecule has 7 heteroatoms. The standard InChI is InChI=1S/C22H19FN4OS/c1-14-5-7-15(8-6-14)13-29-22-26-19-10-9-18(12-20(19)27-22)25-21(28)24-17-4-2-3-16(23)11-17/h2-12H,13H2,1H3,(H,26,27)(H2,24,25,28). The predicted octanol–water partition coefficient (Wildman–Crippen LogP) is 5.95. The topological polar surface area (TPSA) is 69.8 Å². The number of carbonyl (C=O) groups excluding carboxylic acids is 1. The molecule has 146 valence electrons. The first-order chi connectivity index (χ1) is 14.0. The van der Waals surface area contributed by atoms with Gasteiger partial charge in [0.15, 0.2) is 5.16 Å². The number of amides is 2. The van der Waals surface area contributed by atoms with Crippen LogP contribution in [0.5, 0.6) is 0 Å². The number of urea groups is 1. The molecule has 2 amide bonds. The highest BCUT2D eigenvalue weighted by Crippen LogP contribution is 2.25. The minimum absolute atomic E-state index is 0.389. The molecule has 29 heavy (non-hydrogen) atoms. The third-order valence-electron chi connectivity index (χ3n) is 4.30. The zero-order valence-electron chi connectivity index (χ0n) is 15.7. The number of aryl methyl sites for hydroxylation is 1. The Morgan fingerprint density at radius 1 is 1.03 bits per heavy atom. The Labute approximate surface area is 171 Å². The highest BCUT2D eigenvalue weighted by atomic mass is 32.2. The minimum atomic E-state index is -0.441. The number of imidazole rings is 1. The normalized spacial score (nSPS) is 10.8. The smallest absolute Gasteiger partial charge is 0.323 e. The maximum atomic E-state index is 13.2. The molecular weight excluding hydrogens is 387 g/mol. The second-order valence-corrected chi connectivity index (χ2v) is 7.60. The number of hydrogen-bond donors (Lipinski definition) is 3. The summed E-state index contributed by atoms with van der Waals surface area (Å²) < 4.78 is 13.2. The number of halogens is 1. The van der Waals surface area contributed by atoms with E-state index in [4.69, 9.17) is 0 Å². The van der Waals surface area contributed by atoms with Gasteiger partial charge >= 0.3 is 6.03 Å². The largest absolute Gasteiger partial charge is 0.333 e. The molecule has 1 heterocycles. The molecule has 0 saturated heterocycles. The van der Waals surface area contributed by atoms with Gasteiger partial charge in [0.25, 0.3) is 0 Å². The van der Waals surface area contributed by atoms with Gasteiger partial charge in [-0.05, 0) is 48.9 Å². The zero-order chi connectivity index (χ0) is 20.2. The van der Waals surface area contributed by atoms with Gasteiger partial charge in [-0.25, -0.2) is 14.2 Å². The van der Waals surface area contributed by atoms with Crippen LogP contribution in [0.15, 0.2) is 71.9 Å². The first kappa shape index (κ1) is 19.0. The minimum Gasteiger partial charge on any atom is -0.333 e. The summed E-state index contributed by atoms with van der Waals surface area (Å²) in [4.78, 5) is 20.0. The van der Waals surface area contributed by atoms with Crippen molar-refractivity contribution in [2.75, 3.05) is 10.6 Å². The molecule has 0 saturated carbocycles. The van der Waals surface area contributed by atoms with Crippen molar-refractivity contribution in [3.63, 3.8) is 0 Å². The SMILES string of the molecule is Cc1ccc(CSc2nc3ccc(NC(=O)Nc4cccc(F)c4)cc3[nH]2)cc1. The van der Waals surface area contributed by atoms with E-state index in [1.54, 1.807) is 23.9 Å². The van der Waals surface area contributed by atoms with Gasteiger partial charge in [-0.15, -0.1) is 0 Å². The highest BCUT2D eigenvalue weighted by Gasteiger charge is 2.08. The molecule has 0 aliphatic carbocycles. The quantitative estimate of drug-likeness (QED) is 0.359. The van der Waals surface area contributed by atoms with E-state index in [2.05, 4.69) is 51.8 Å². The highest BCUT2D eigenvalue weighted by molar-refractivity contribution is 7.98. The monoisotopic (exact) mass is 406 g/mol. The summed E-state index contributed by atoms with van der Waals surface area (Å²) in [7, 11) is 0. The van der Waals surface area contributed by atoms with Gasteiger partial charge < -0.3 is 15.6 Å². The summed E-state index contributed by atoms with van der Waals surface area (Å²) in [5.41, 5.74) is 5.14. The van der Waals surface area contributed by atoms with E-state index in [-0.39, 0.29) is 0 Å². The van der Waals surface area contributed by atoms with Crippen molar-refractivity contribution >= 4 is 40.2 Å². The molecule has 0 spiro atoms. The van der Waals surface area contributed by atoms with Crippen molar-refractivity contribution in [3.05, 3.63) is 83.7 Å². The van der Waals surface area contributed by atoms with Crippen molar-refractivity contribution in [1.82, 2.24) is 9.97 Å². The van der Waals surface area contributed by atoms with Crippen LogP contribution in [-0.4, -0.2) is 16.0 Å². The number of nitrogens with zero attached hydrogens (tertiary/aromatic N) is 1. The van der Waals surface area contributed by atoms with Crippen molar-refractivity contribution in [1.29, 1.82) is 0 Å². The molecule has 0 atom stereocenters. The Hall–Kier alpha value is -3.32. The number of aromatic amines is 1. The number of fused-ring (bicyclic) bond motifs is 1. The summed E-state index contributed by atoms with van der Waals surface area (Å²) in [6, 6.07) is 19.2. The van der Waals surface area contributed by atoms with Crippen molar-refractivity contribution in [3.8, 4) is 0 Å². The van der Waals surface area contributed by atoms with Gasteiger partial charge in [-0.2, -0.15) is 0 Å². The zero-order valence-corrected chi connectivity index (χ0v) is 16.5. The van der Waals surface area contributed by atoms with Crippen molar-refractivity contribution in [2.24, 2.45) is 0 Å². The number of hydrogen-bond acceptors (Lipinski definition) is 3. The second-order valence-electron chi connectivity index (χ2n) is 6.64. The summed E-state index contributed by atoms with van der Waals surface area (Å²) in [6.07, 6.45) is 0. The van der Waals surface area contributed by atoms with Gasteiger partial charge in [0.05, 0.1) is 11.0 Å². The molecule has 0 fully saturated rings. The Morgan fingerprint density at radius 3 is 2.55 bits per heavy atom. The average molecular weight is 406 g/mol. The van der Waals surface area contributed by atoms with Gasteiger partial charge in [0.2, 0.25) is 0 Å². The van der Waals surface area contributed by atoms with E-state index in [1.165, 1.54) is 29.3 Å². The number of nitrogens with one attached hydrogen (secondary N) is 3. The van der Waals surface area contributed by atoms with Gasteiger partial charge in [-0.3, -0.25) is 0 Å². The maximum Gasteiger partial charge on any atom is 0.323 e. The van der Waals surface area contributed by atoms with Crippen LogP contribution in [-0.2, 0) is 5.75 Å². The van der Waals surface area contributed by atoms with E-state index in [0.717, 1.165) is 21.9 Å². The van der Waals surface area contributed by atoms with Crippen LogP contribution in [0.4, 0.5) is 20.6 Å². The van der Waals surface area contributed by atoms with E-state index in [1.807, 2.05) is 12.1 Å². The summed E-state index contributed by atoms with van der Waals surface area (Å²) in [5, 5.41) is 6.18. The Kier molecular flexibility index (Phi) is 5.48. The summed E-state index contributed by atoms with van der Waals surface area (Å²) >= 11 is 1.63. The van der Waals surface area contributed by atoms with Gasteiger partial charge in [0.1, 0.15) is 5.82 Å². The molecule has 0 bridgehead atoms. The molecule has 3 aromatic carbocycles. The third-order valence-corrected chi connectivity index (χ3v) is 5.24. The number of rotatable bonds is 5. The first-order valence-electron chi connectivity index (χ1n) is 9.07. The van der Waals surface area contributed by atoms with Crippen LogP contribution in [0, 0.1) is 12.7 Å². The molecule has 4 rings (SSSR count). The fourth-order valence-electron chi connectivity index (χ4n) is 2.83. The average Bonchev–Trinajstić information content (AvgIpc) is 3.09. The predicted molar refractivity (Wildman–Crippen MR) is 116 cm³/mol. The first-order valence-corrected chi connectivity index (χ1v) is 10.1. The van der Waals surface area contributed by atoms with Gasteiger partial charge in [-0.1, -0.05) is 47.7 Å². The Balaban J connectivity index is 1.41. The Morgan fingerprint density at radius 2 is 1.79 bits per heavy atom. The van der Waals surface area contributed by atoms with Gasteiger partial charge in [0, 0.05) is 17.1 Å². The molecule has 0 aliphatic heterocycles. The number of aromatic nitrogens is 2. The fourth-order valence-corrected chi connectivity index (χ4v) is 3.67.